The van der Waals surface area contributed by atoms with Crippen LogP contribution in [0.25, 0.3) is 10.9 Å². The van der Waals surface area contributed by atoms with Crippen molar-refractivity contribution in [3.8, 4) is 0 Å². The normalized spacial score (nSPS) is 16.9. The van der Waals surface area contributed by atoms with Gasteiger partial charge in [0.25, 0.3) is 5.56 Å². The highest BCUT2D eigenvalue weighted by atomic mass is 16.1. The van der Waals surface area contributed by atoms with Crippen LogP contribution in [0.1, 0.15) is 12.8 Å². The van der Waals surface area contributed by atoms with Crippen LogP contribution in [0.3, 0.4) is 0 Å². The number of fused-ring (bicyclic) bond motifs is 1. The van der Waals surface area contributed by atoms with E-state index in [1.807, 2.05) is 29.8 Å². The van der Waals surface area contributed by atoms with Crippen LogP contribution in [-0.4, -0.2) is 59.8 Å². The van der Waals surface area contributed by atoms with Gasteiger partial charge in [-0.2, -0.15) is 0 Å². The first-order chi connectivity index (χ1) is 14.6. The highest BCUT2D eigenvalue weighted by Crippen LogP contribution is 2.30. The Morgan fingerprint density at radius 1 is 1.03 bits per heavy atom. The molecular formula is C22H27N7O. The molecule has 1 aliphatic carbocycles. The molecule has 0 N–H and O–H groups in total. The molecule has 0 spiro atoms. The summed E-state index contributed by atoms with van der Waals surface area (Å²) in [6.45, 7) is 4.06. The largest absolute Gasteiger partial charge is 0.368 e. The molecule has 8 heteroatoms. The van der Waals surface area contributed by atoms with Gasteiger partial charge < -0.3 is 19.3 Å². The standard InChI is InChI=1S/C22H27N7O/c1-26(2)20-18-13-17(5-6-19(18)24-15-25-20)27-9-11-28(12-10-27)21-22(30)29(8-7-23-21)14-16-3-4-16/h5-8,13,15-16H,3-4,9-12,14H2,1-2H3. The van der Waals surface area contributed by atoms with E-state index in [0.717, 1.165) is 55.1 Å². The van der Waals surface area contributed by atoms with Crippen molar-refractivity contribution in [1.82, 2.24) is 19.5 Å². The second kappa shape index (κ2) is 7.59. The molecular weight excluding hydrogens is 378 g/mol. The van der Waals surface area contributed by atoms with Crippen molar-refractivity contribution < 1.29 is 0 Å². The molecule has 156 valence electrons. The van der Waals surface area contributed by atoms with Crippen LogP contribution in [0, 0.1) is 5.92 Å². The third kappa shape index (κ3) is 3.58. The summed E-state index contributed by atoms with van der Waals surface area (Å²) < 4.78 is 1.83. The molecule has 0 radical (unpaired) electrons. The summed E-state index contributed by atoms with van der Waals surface area (Å²) in [5.74, 6) is 2.17. The van der Waals surface area contributed by atoms with Gasteiger partial charge in [0.05, 0.1) is 5.52 Å². The van der Waals surface area contributed by atoms with Crippen LogP contribution < -0.4 is 20.3 Å². The Bertz CT molecular complexity index is 1110. The zero-order chi connectivity index (χ0) is 20.7. The molecule has 1 saturated carbocycles. The third-order valence-corrected chi connectivity index (χ3v) is 6.01. The Morgan fingerprint density at radius 2 is 1.80 bits per heavy atom. The number of hydrogen-bond donors (Lipinski definition) is 0. The van der Waals surface area contributed by atoms with Crippen LogP contribution in [0.4, 0.5) is 17.3 Å². The number of nitrogens with zero attached hydrogens (tertiary/aromatic N) is 7. The van der Waals surface area contributed by atoms with Gasteiger partial charge in [0.2, 0.25) is 0 Å². The SMILES string of the molecule is CN(C)c1ncnc2ccc(N3CCN(c4nccn(CC5CC5)c4=O)CC3)cc12. The van der Waals surface area contributed by atoms with Gasteiger partial charge in [-0.1, -0.05) is 0 Å². The van der Waals surface area contributed by atoms with Crippen molar-refractivity contribution in [2.75, 3.05) is 55.0 Å². The molecule has 0 unspecified atom stereocenters. The van der Waals surface area contributed by atoms with E-state index >= 15 is 0 Å². The lowest BCUT2D eigenvalue weighted by molar-refractivity contribution is 0.590. The van der Waals surface area contributed by atoms with Crippen LogP contribution in [0.5, 0.6) is 0 Å². The number of aromatic nitrogens is 4. The van der Waals surface area contributed by atoms with Gasteiger partial charge in [0.1, 0.15) is 12.1 Å². The molecule has 3 aromatic rings. The lowest BCUT2D eigenvalue weighted by atomic mass is 10.1. The summed E-state index contributed by atoms with van der Waals surface area (Å²) in [4.78, 5) is 32.6. The number of anilines is 3. The maximum absolute atomic E-state index is 12.9. The second-order valence-electron chi connectivity index (χ2n) is 8.42. The first kappa shape index (κ1) is 18.8. The van der Waals surface area contributed by atoms with Gasteiger partial charge in [-0.25, -0.2) is 15.0 Å². The van der Waals surface area contributed by atoms with Crippen molar-refractivity contribution in [3.63, 3.8) is 0 Å². The van der Waals surface area contributed by atoms with E-state index in [0.29, 0.717) is 11.7 Å². The van der Waals surface area contributed by atoms with Gasteiger partial charge >= 0.3 is 0 Å². The molecule has 1 saturated heterocycles. The highest BCUT2D eigenvalue weighted by molar-refractivity contribution is 5.91. The molecule has 3 heterocycles. The molecule has 5 rings (SSSR count). The number of benzene rings is 1. The fraction of sp³-hybridized carbons (Fsp3) is 0.455. The zero-order valence-corrected chi connectivity index (χ0v) is 17.5. The van der Waals surface area contributed by atoms with Crippen LogP contribution in [0.15, 0.2) is 41.7 Å². The van der Waals surface area contributed by atoms with Crippen LogP contribution in [0.2, 0.25) is 0 Å². The van der Waals surface area contributed by atoms with Crippen LogP contribution >= 0.6 is 0 Å². The highest BCUT2D eigenvalue weighted by Gasteiger charge is 2.25. The molecule has 1 aromatic carbocycles. The van der Waals surface area contributed by atoms with E-state index in [4.69, 9.17) is 0 Å². The predicted molar refractivity (Wildman–Crippen MR) is 120 cm³/mol. The van der Waals surface area contributed by atoms with Gasteiger partial charge in [0, 0.05) is 70.3 Å². The number of hydrogen-bond acceptors (Lipinski definition) is 7. The Morgan fingerprint density at radius 3 is 2.53 bits per heavy atom. The monoisotopic (exact) mass is 405 g/mol. The van der Waals surface area contributed by atoms with E-state index in [1.165, 1.54) is 12.8 Å². The minimum atomic E-state index is 0.0383. The van der Waals surface area contributed by atoms with E-state index in [9.17, 15) is 4.79 Å². The summed E-state index contributed by atoms with van der Waals surface area (Å²) in [6.07, 6.45) is 7.65. The second-order valence-corrected chi connectivity index (χ2v) is 8.42. The summed E-state index contributed by atoms with van der Waals surface area (Å²) in [5.41, 5.74) is 2.14. The van der Waals surface area contributed by atoms with E-state index in [2.05, 4.69) is 43.0 Å². The Labute approximate surface area is 175 Å². The average molecular weight is 406 g/mol. The van der Waals surface area contributed by atoms with Crippen molar-refractivity contribution in [2.45, 2.75) is 19.4 Å². The minimum Gasteiger partial charge on any atom is -0.368 e. The molecule has 1 aliphatic heterocycles. The lowest BCUT2D eigenvalue weighted by Gasteiger charge is -2.36. The smallest absolute Gasteiger partial charge is 0.293 e. The first-order valence-electron chi connectivity index (χ1n) is 10.6. The first-order valence-corrected chi connectivity index (χ1v) is 10.6. The number of piperazine rings is 1. The molecule has 0 amide bonds. The van der Waals surface area contributed by atoms with E-state index in [-0.39, 0.29) is 5.56 Å². The summed E-state index contributed by atoms with van der Waals surface area (Å²) in [7, 11) is 3.99. The number of rotatable bonds is 5. The molecule has 2 aromatic heterocycles. The van der Waals surface area contributed by atoms with Gasteiger partial charge in [-0.05, 0) is 37.0 Å². The molecule has 0 atom stereocenters. The Kier molecular flexibility index (Phi) is 4.77. The Balaban J connectivity index is 1.34. The Hall–Kier alpha value is -3.16. The van der Waals surface area contributed by atoms with Gasteiger partial charge in [-0.15, -0.1) is 0 Å². The fourth-order valence-corrected chi connectivity index (χ4v) is 4.14. The van der Waals surface area contributed by atoms with Crippen molar-refractivity contribution in [3.05, 3.63) is 47.3 Å². The maximum atomic E-state index is 12.9. The minimum absolute atomic E-state index is 0.0383. The predicted octanol–water partition coefficient (Wildman–Crippen LogP) is 1.99. The van der Waals surface area contributed by atoms with E-state index in [1.54, 1.807) is 12.5 Å². The lowest BCUT2D eigenvalue weighted by Crippen LogP contribution is -2.48. The summed E-state index contributed by atoms with van der Waals surface area (Å²) in [6, 6.07) is 6.35. The molecule has 30 heavy (non-hydrogen) atoms. The average Bonchev–Trinajstić information content (AvgIpc) is 3.59. The summed E-state index contributed by atoms with van der Waals surface area (Å²) in [5, 5.41) is 1.05. The third-order valence-electron chi connectivity index (χ3n) is 6.01. The van der Waals surface area contributed by atoms with Crippen LogP contribution in [-0.2, 0) is 6.54 Å². The fourth-order valence-electron chi connectivity index (χ4n) is 4.14. The van der Waals surface area contributed by atoms with Crippen molar-refractivity contribution in [2.24, 2.45) is 5.92 Å². The zero-order valence-electron chi connectivity index (χ0n) is 17.5. The van der Waals surface area contributed by atoms with Crippen molar-refractivity contribution >= 4 is 28.2 Å². The molecule has 0 bridgehead atoms. The van der Waals surface area contributed by atoms with Gasteiger partial charge in [-0.3, -0.25) is 4.79 Å². The van der Waals surface area contributed by atoms with E-state index < -0.39 is 0 Å². The maximum Gasteiger partial charge on any atom is 0.293 e. The van der Waals surface area contributed by atoms with Gasteiger partial charge in [0.15, 0.2) is 5.82 Å². The molecule has 8 nitrogen and oxygen atoms in total. The topological polar surface area (TPSA) is 70.4 Å². The summed E-state index contributed by atoms with van der Waals surface area (Å²) >= 11 is 0. The molecule has 2 fully saturated rings. The quantitative estimate of drug-likeness (QED) is 0.643. The van der Waals surface area contributed by atoms with Crippen molar-refractivity contribution in [1.29, 1.82) is 0 Å². The molecule has 2 aliphatic rings.